The molecule has 4 nitrogen and oxygen atoms in total. The van der Waals surface area contributed by atoms with E-state index in [4.69, 9.17) is 0 Å². The first-order chi connectivity index (χ1) is 10.1. The van der Waals surface area contributed by atoms with Crippen LogP contribution in [0.4, 0.5) is 0 Å². The van der Waals surface area contributed by atoms with E-state index in [1.165, 1.54) is 0 Å². The molecule has 1 aromatic rings. The Morgan fingerprint density at radius 3 is 2.43 bits per heavy atom. The highest BCUT2D eigenvalue weighted by atomic mass is 16.2. The van der Waals surface area contributed by atoms with Crippen LogP contribution in [0.2, 0.25) is 0 Å². The number of fused-ring (bicyclic) bond motifs is 1. The second kappa shape index (κ2) is 5.66. The van der Waals surface area contributed by atoms with Gasteiger partial charge in [0, 0.05) is 19.6 Å². The SMILES string of the molecule is CCn1nc(C(C)C)cc1C(=O)N1C[C@H]2CC=CC[C@H]2C1. The topological polar surface area (TPSA) is 38.1 Å². The standard InChI is InChI=1S/C17H25N3O/c1-4-20-16(9-15(18-20)12(2)3)17(21)19-10-13-7-5-6-8-14(13)11-19/h5-6,9,12-14H,4,7-8,10-11H2,1-3H3/t13-,14+. The van der Waals surface area contributed by atoms with Gasteiger partial charge in [0.25, 0.3) is 5.91 Å². The minimum absolute atomic E-state index is 0.158. The van der Waals surface area contributed by atoms with Crippen LogP contribution in [0.1, 0.15) is 55.7 Å². The fourth-order valence-electron chi connectivity index (χ4n) is 3.47. The molecule has 114 valence electrons. The van der Waals surface area contributed by atoms with Crippen LogP contribution in [-0.2, 0) is 6.54 Å². The van der Waals surface area contributed by atoms with Gasteiger partial charge in [-0.15, -0.1) is 0 Å². The van der Waals surface area contributed by atoms with Gasteiger partial charge in [-0.3, -0.25) is 9.48 Å². The molecular formula is C17H25N3O. The summed E-state index contributed by atoms with van der Waals surface area (Å²) in [6, 6.07) is 1.98. The van der Waals surface area contributed by atoms with Gasteiger partial charge in [-0.05, 0) is 43.6 Å². The second-order valence-corrected chi connectivity index (χ2v) is 6.60. The average Bonchev–Trinajstić information content (AvgIpc) is 3.10. The molecule has 1 saturated heterocycles. The molecule has 2 atom stereocenters. The number of hydrogen-bond acceptors (Lipinski definition) is 2. The van der Waals surface area contributed by atoms with E-state index >= 15 is 0 Å². The van der Waals surface area contributed by atoms with Crippen LogP contribution in [0.3, 0.4) is 0 Å². The Hall–Kier alpha value is -1.58. The number of aromatic nitrogens is 2. The average molecular weight is 287 g/mol. The number of rotatable bonds is 3. The van der Waals surface area contributed by atoms with Crippen molar-refractivity contribution in [2.75, 3.05) is 13.1 Å². The number of carbonyl (C=O) groups excluding carboxylic acids is 1. The predicted octanol–water partition coefficient (Wildman–Crippen LogP) is 3.06. The number of carbonyl (C=O) groups is 1. The third-order valence-electron chi connectivity index (χ3n) is 4.82. The monoisotopic (exact) mass is 287 g/mol. The zero-order valence-electron chi connectivity index (χ0n) is 13.2. The van der Waals surface area contributed by atoms with Gasteiger partial charge in [-0.1, -0.05) is 26.0 Å². The van der Waals surface area contributed by atoms with Crippen molar-refractivity contribution in [1.82, 2.24) is 14.7 Å². The van der Waals surface area contributed by atoms with Crippen molar-refractivity contribution in [2.24, 2.45) is 11.8 Å². The molecule has 1 fully saturated rings. The summed E-state index contributed by atoms with van der Waals surface area (Å²) < 4.78 is 1.86. The van der Waals surface area contributed by atoms with Crippen LogP contribution in [0.5, 0.6) is 0 Å². The van der Waals surface area contributed by atoms with Gasteiger partial charge in [0.15, 0.2) is 0 Å². The van der Waals surface area contributed by atoms with E-state index in [9.17, 15) is 4.79 Å². The normalized spacial score (nSPS) is 24.7. The Labute approximate surface area is 126 Å². The van der Waals surface area contributed by atoms with Crippen LogP contribution < -0.4 is 0 Å². The summed E-state index contributed by atoms with van der Waals surface area (Å²) in [5.74, 6) is 1.82. The van der Waals surface area contributed by atoms with Crippen LogP contribution in [0.15, 0.2) is 18.2 Å². The summed E-state index contributed by atoms with van der Waals surface area (Å²) in [5.41, 5.74) is 1.77. The van der Waals surface area contributed by atoms with Crippen LogP contribution in [-0.4, -0.2) is 33.7 Å². The Balaban J connectivity index is 1.79. The lowest BCUT2D eigenvalue weighted by Crippen LogP contribution is -2.31. The van der Waals surface area contributed by atoms with Crippen LogP contribution >= 0.6 is 0 Å². The number of amides is 1. The van der Waals surface area contributed by atoms with Gasteiger partial charge >= 0.3 is 0 Å². The summed E-state index contributed by atoms with van der Waals surface area (Å²) >= 11 is 0. The zero-order valence-corrected chi connectivity index (χ0v) is 13.2. The van der Waals surface area contributed by atoms with E-state index in [-0.39, 0.29) is 5.91 Å². The lowest BCUT2D eigenvalue weighted by atomic mass is 9.86. The number of likely N-dealkylation sites (tertiary alicyclic amines) is 1. The van der Waals surface area contributed by atoms with Gasteiger partial charge in [-0.2, -0.15) is 5.10 Å². The van der Waals surface area contributed by atoms with Crippen LogP contribution in [0.25, 0.3) is 0 Å². The molecule has 2 heterocycles. The minimum atomic E-state index is 0.158. The first kappa shape index (κ1) is 14.4. The molecule has 0 unspecified atom stereocenters. The van der Waals surface area contributed by atoms with Crippen molar-refractivity contribution in [2.45, 2.75) is 46.1 Å². The van der Waals surface area contributed by atoms with Gasteiger partial charge in [0.1, 0.15) is 5.69 Å². The molecular weight excluding hydrogens is 262 g/mol. The molecule has 0 aromatic carbocycles. The van der Waals surface area contributed by atoms with E-state index in [2.05, 4.69) is 31.1 Å². The maximum Gasteiger partial charge on any atom is 0.272 e. The Morgan fingerprint density at radius 1 is 1.29 bits per heavy atom. The maximum atomic E-state index is 12.9. The molecule has 2 aliphatic rings. The molecule has 4 heteroatoms. The molecule has 1 amide bonds. The van der Waals surface area contributed by atoms with Crippen molar-refractivity contribution in [3.63, 3.8) is 0 Å². The number of allylic oxidation sites excluding steroid dienone is 2. The molecule has 0 radical (unpaired) electrons. The third kappa shape index (κ3) is 2.63. The third-order valence-corrected chi connectivity index (χ3v) is 4.82. The Kier molecular flexibility index (Phi) is 3.87. The molecule has 21 heavy (non-hydrogen) atoms. The first-order valence-corrected chi connectivity index (χ1v) is 8.12. The lowest BCUT2D eigenvalue weighted by Gasteiger charge is -2.17. The molecule has 1 aromatic heterocycles. The fourth-order valence-corrected chi connectivity index (χ4v) is 3.47. The van der Waals surface area contributed by atoms with E-state index < -0.39 is 0 Å². The Morgan fingerprint density at radius 2 is 1.90 bits per heavy atom. The summed E-state index contributed by atoms with van der Waals surface area (Å²) in [5, 5.41) is 4.57. The van der Waals surface area contributed by atoms with Crippen molar-refractivity contribution in [1.29, 1.82) is 0 Å². The molecule has 3 rings (SSSR count). The van der Waals surface area contributed by atoms with Crippen molar-refractivity contribution < 1.29 is 4.79 Å². The van der Waals surface area contributed by atoms with Gasteiger partial charge in [0.05, 0.1) is 5.69 Å². The highest BCUT2D eigenvalue weighted by Crippen LogP contribution is 2.33. The largest absolute Gasteiger partial charge is 0.337 e. The van der Waals surface area contributed by atoms with Crippen LogP contribution in [0, 0.1) is 11.8 Å². The van der Waals surface area contributed by atoms with E-state index in [0.29, 0.717) is 17.8 Å². The van der Waals surface area contributed by atoms with Gasteiger partial charge < -0.3 is 4.90 Å². The van der Waals surface area contributed by atoms with Crippen molar-refractivity contribution in [3.8, 4) is 0 Å². The molecule has 1 aliphatic carbocycles. The predicted molar refractivity (Wildman–Crippen MR) is 83.2 cm³/mol. The van der Waals surface area contributed by atoms with E-state index in [0.717, 1.165) is 43.9 Å². The highest BCUT2D eigenvalue weighted by molar-refractivity contribution is 5.93. The second-order valence-electron chi connectivity index (χ2n) is 6.60. The first-order valence-electron chi connectivity index (χ1n) is 8.12. The molecule has 0 spiro atoms. The highest BCUT2D eigenvalue weighted by Gasteiger charge is 2.36. The summed E-state index contributed by atoms with van der Waals surface area (Å²) in [7, 11) is 0. The molecule has 0 bridgehead atoms. The van der Waals surface area contributed by atoms with Gasteiger partial charge in [-0.25, -0.2) is 0 Å². The number of nitrogens with zero attached hydrogens (tertiary/aromatic N) is 3. The number of hydrogen-bond donors (Lipinski definition) is 0. The van der Waals surface area contributed by atoms with Crippen molar-refractivity contribution >= 4 is 5.91 Å². The molecule has 1 aliphatic heterocycles. The van der Waals surface area contributed by atoms with E-state index in [1.807, 2.05) is 22.6 Å². The summed E-state index contributed by atoms with van der Waals surface area (Å²) in [6.45, 7) is 8.83. The number of aryl methyl sites for hydroxylation is 1. The fraction of sp³-hybridized carbons (Fsp3) is 0.647. The molecule has 0 saturated carbocycles. The smallest absolute Gasteiger partial charge is 0.272 e. The quantitative estimate of drug-likeness (QED) is 0.801. The summed E-state index contributed by atoms with van der Waals surface area (Å²) in [4.78, 5) is 14.9. The van der Waals surface area contributed by atoms with Crippen molar-refractivity contribution in [3.05, 3.63) is 29.6 Å². The van der Waals surface area contributed by atoms with Gasteiger partial charge in [0.2, 0.25) is 0 Å². The maximum absolute atomic E-state index is 12.9. The zero-order chi connectivity index (χ0) is 15.0. The lowest BCUT2D eigenvalue weighted by molar-refractivity contribution is 0.0772. The van der Waals surface area contributed by atoms with E-state index in [1.54, 1.807) is 0 Å². The minimum Gasteiger partial charge on any atom is -0.337 e. The molecule has 0 N–H and O–H groups in total. The summed E-state index contributed by atoms with van der Waals surface area (Å²) in [6.07, 6.45) is 6.78. The Bertz CT molecular complexity index is 542.